The maximum atomic E-state index is 12.7. The highest BCUT2D eigenvalue weighted by molar-refractivity contribution is 5.97. The molecule has 0 unspecified atom stereocenters. The molecular formula is C22H34N4O2. The Bertz CT molecular complexity index is 631. The van der Waals surface area contributed by atoms with Crippen LogP contribution in [0.15, 0.2) is 24.3 Å². The highest BCUT2D eigenvalue weighted by Gasteiger charge is 2.26. The van der Waals surface area contributed by atoms with Crippen LogP contribution in [0.5, 0.6) is 0 Å². The molecule has 0 radical (unpaired) electrons. The first-order valence-electron chi connectivity index (χ1n) is 10.4. The van der Waals surface area contributed by atoms with Crippen molar-refractivity contribution < 1.29 is 9.59 Å². The zero-order valence-electron chi connectivity index (χ0n) is 17.7. The lowest BCUT2D eigenvalue weighted by Crippen LogP contribution is -2.40. The first-order valence-corrected chi connectivity index (χ1v) is 10.4. The van der Waals surface area contributed by atoms with Gasteiger partial charge < -0.3 is 19.6 Å². The lowest BCUT2D eigenvalue weighted by Gasteiger charge is -2.26. The number of likely N-dealkylation sites (tertiary alicyclic amines) is 2. The quantitative estimate of drug-likeness (QED) is 0.751. The van der Waals surface area contributed by atoms with E-state index in [0.717, 1.165) is 39.0 Å². The third kappa shape index (κ3) is 4.73. The molecule has 2 amide bonds. The van der Waals surface area contributed by atoms with Crippen molar-refractivity contribution in [2.45, 2.75) is 37.8 Å². The lowest BCUT2D eigenvalue weighted by molar-refractivity contribution is 0.0750. The first-order chi connectivity index (χ1) is 13.4. The second-order valence-corrected chi connectivity index (χ2v) is 8.50. The molecule has 2 atom stereocenters. The smallest absolute Gasteiger partial charge is 0.253 e. The number of amides is 2. The van der Waals surface area contributed by atoms with Gasteiger partial charge in [-0.05, 0) is 77.1 Å². The SMILES string of the molecule is CN(C[C@@H]1CCCN1C)C(=O)c1ccc(C(=O)N(C)C[C@@H]2CCCN2C)cc1. The van der Waals surface area contributed by atoms with E-state index in [0.29, 0.717) is 23.2 Å². The third-order valence-electron chi connectivity index (χ3n) is 6.38. The van der Waals surface area contributed by atoms with E-state index in [1.807, 2.05) is 14.1 Å². The number of benzene rings is 1. The number of carbonyl (C=O) groups excluding carboxylic acids is 2. The molecule has 0 spiro atoms. The minimum Gasteiger partial charge on any atom is -0.340 e. The van der Waals surface area contributed by atoms with Crippen molar-refractivity contribution in [2.24, 2.45) is 0 Å². The molecule has 1 aromatic carbocycles. The lowest BCUT2D eigenvalue weighted by atomic mass is 10.1. The van der Waals surface area contributed by atoms with E-state index in [4.69, 9.17) is 0 Å². The fourth-order valence-corrected chi connectivity index (χ4v) is 4.41. The van der Waals surface area contributed by atoms with Crippen molar-refractivity contribution in [1.82, 2.24) is 19.6 Å². The number of rotatable bonds is 6. The molecule has 154 valence electrons. The molecular weight excluding hydrogens is 352 g/mol. The van der Waals surface area contributed by atoms with Crippen molar-refractivity contribution in [2.75, 3.05) is 54.4 Å². The molecule has 0 bridgehead atoms. The average molecular weight is 387 g/mol. The fourth-order valence-electron chi connectivity index (χ4n) is 4.41. The van der Waals surface area contributed by atoms with Gasteiger partial charge in [-0.15, -0.1) is 0 Å². The van der Waals surface area contributed by atoms with Crippen LogP contribution in [0.1, 0.15) is 46.4 Å². The summed E-state index contributed by atoms with van der Waals surface area (Å²) < 4.78 is 0. The van der Waals surface area contributed by atoms with Gasteiger partial charge in [0, 0.05) is 50.4 Å². The first kappa shape index (κ1) is 20.8. The van der Waals surface area contributed by atoms with E-state index < -0.39 is 0 Å². The third-order valence-corrected chi connectivity index (χ3v) is 6.38. The molecule has 6 heteroatoms. The Kier molecular flexibility index (Phi) is 6.73. The molecule has 2 aliphatic heterocycles. The standard InChI is InChI=1S/C22H34N4O2/c1-23-13-5-7-19(23)15-25(3)21(27)17-9-11-18(12-10-17)22(28)26(4)16-20-8-6-14-24(20)2/h9-12,19-20H,5-8,13-16H2,1-4H3/t19-,20-/m0/s1. The summed E-state index contributed by atoms with van der Waals surface area (Å²) in [6, 6.07) is 7.99. The molecule has 2 saturated heterocycles. The van der Waals surface area contributed by atoms with E-state index >= 15 is 0 Å². The van der Waals surface area contributed by atoms with E-state index in [9.17, 15) is 9.59 Å². The van der Waals surface area contributed by atoms with Crippen molar-refractivity contribution in [1.29, 1.82) is 0 Å². The second-order valence-electron chi connectivity index (χ2n) is 8.50. The molecule has 2 fully saturated rings. The Labute approximate surface area is 169 Å². The van der Waals surface area contributed by atoms with Crippen LogP contribution in [0.25, 0.3) is 0 Å². The topological polar surface area (TPSA) is 47.1 Å². The largest absolute Gasteiger partial charge is 0.340 e. The number of carbonyl (C=O) groups is 2. The molecule has 2 aliphatic rings. The Morgan fingerprint density at radius 2 is 1.18 bits per heavy atom. The van der Waals surface area contributed by atoms with Crippen LogP contribution >= 0.6 is 0 Å². The molecule has 28 heavy (non-hydrogen) atoms. The molecule has 1 aromatic rings. The zero-order chi connectivity index (χ0) is 20.3. The number of likely N-dealkylation sites (N-methyl/N-ethyl adjacent to an activating group) is 4. The van der Waals surface area contributed by atoms with Crippen LogP contribution in [-0.4, -0.2) is 97.9 Å². The summed E-state index contributed by atoms with van der Waals surface area (Å²) in [6.07, 6.45) is 4.68. The van der Waals surface area contributed by atoms with Crippen molar-refractivity contribution in [3.63, 3.8) is 0 Å². The van der Waals surface area contributed by atoms with Gasteiger partial charge in [-0.2, -0.15) is 0 Å². The van der Waals surface area contributed by atoms with Crippen LogP contribution in [0, 0.1) is 0 Å². The van der Waals surface area contributed by atoms with Gasteiger partial charge in [0.2, 0.25) is 0 Å². The van der Waals surface area contributed by atoms with Gasteiger partial charge >= 0.3 is 0 Å². The Balaban J connectivity index is 1.57. The van der Waals surface area contributed by atoms with Crippen LogP contribution in [0.2, 0.25) is 0 Å². The molecule has 0 N–H and O–H groups in total. The maximum absolute atomic E-state index is 12.7. The van der Waals surface area contributed by atoms with Gasteiger partial charge in [-0.3, -0.25) is 9.59 Å². The highest BCUT2D eigenvalue weighted by atomic mass is 16.2. The molecule has 2 heterocycles. The summed E-state index contributed by atoms with van der Waals surface area (Å²) >= 11 is 0. The molecule has 0 saturated carbocycles. The van der Waals surface area contributed by atoms with Crippen LogP contribution in [0.3, 0.4) is 0 Å². The summed E-state index contributed by atoms with van der Waals surface area (Å²) in [5, 5.41) is 0. The molecule has 6 nitrogen and oxygen atoms in total. The van der Waals surface area contributed by atoms with Crippen molar-refractivity contribution in [3.8, 4) is 0 Å². The second kappa shape index (κ2) is 9.05. The Hall–Kier alpha value is -1.92. The molecule has 3 rings (SSSR count). The summed E-state index contributed by atoms with van der Waals surface area (Å²) in [7, 11) is 7.96. The Morgan fingerprint density at radius 3 is 1.46 bits per heavy atom. The average Bonchev–Trinajstić information content (AvgIpc) is 3.28. The number of hydrogen-bond acceptors (Lipinski definition) is 4. The zero-order valence-corrected chi connectivity index (χ0v) is 17.7. The van der Waals surface area contributed by atoms with Gasteiger partial charge in [-0.25, -0.2) is 0 Å². The monoisotopic (exact) mass is 386 g/mol. The maximum Gasteiger partial charge on any atom is 0.253 e. The molecule has 0 aromatic heterocycles. The van der Waals surface area contributed by atoms with E-state index in [1.165, 1.54) is 12.8 Å². The number of nitrogens with zero attached hydrogens (tertiary/aromatic N) is 4. The summed E-state index contributed by atoms with van der Waals surface area (Å²) in [5.74, 6) is 0.0282. The summed E-state index contributed by atoms with van der Waals surface area (Å²) in [6.45, 7) is 3.70. The Morgan fingerprint density at radius 1 is 0.821 bits per heavy atom. The number of hydrogen-bond donors (Lipinski definition) is 0. The minimum absolute atomic E-state index is 0.0141. The van der Waals surface area contributed by atoms with Gasteiger partial charge in [-0.1, -0.05) is 0 Å². The van der Waals surface area contributed by atoms with Gasteiger partial charge in [0.25, 0.3) is 11.8 Å². The van der Waals surface area contributed by atoms with Gasteiger partial charge in [0.15, 0.2) is 0 Å². The minimum atomic E-state index is 0.0141. The summed E-state index contributed by atoms with van der Waals surface area (Å²) in [5.41, 5.74) is 1.27. The van der Waals surface area contributed by atoms with E-state index in [-0.39, 0.29) is 11.8 Å². The van der Waals surface area contributed by atoms with Crippen molar-refractivity contribution >= 4 is 11.8 Å². The summed E-state index contributed by atoms with van der Waals surface area (Å²) in [4.78, 5) is 33.7. The van der Waals surface area contributed by atoms with E-state index in [1.54, 1.807) is 34.1 Å². The van der Waals surface area contributed by atoms with Crippen LogP contribution in [-0.2, 0) is 0 Å². The van der Waals surface area contributed by atoms with E-state index in [2.05, 4.69) is 23.9 Å². The fraction of sp³-hybridized carbons (Fsp3) is 0.636. The van der Waals surface area contributed by atoms with Crippen LogP contribution < -0.4 is 0 Å². The van der Waals surface area contributed by atoms with Crippen LogP contribution in [0.4, 0.5) is 0 Å². The van der Waals surface area contributed by atoms with Crippen molar-refractivity contribution in [3.05, 3.63) is 35.4 Å². The molecule has 0 aliphatic carbocycles. The normalized spacial score (nSPS) is 23.1. The predicted molar refractivity (Wildman–Crippen MR) is 112 cm³/mol. The van der Waals surface area contributed by atoms with Gasteiger partial charge in [0.1, 0.15) is 0 Å². The highest BCUT2D eigenvalue weighted by Crippen LogP contribution is 2.18. The predicted octanol–water partition coefficient (Wildman–Crippen LogP) is 2.02. The van der Waals surface area contributed by atoms with Gasteiger partial charge in [0.05, 0.1) is 0 Å².